The van der Waals surface area contributed by atoms with Gasteiger partial charge in [-0.05, 0) is 25.1 Å². The van der Waals surface area contributed by atoms with Crippen molar-refractivity contribution in [2.45, 2.75) is 12.5 Å². The van der Waals surface area contributed by atoms with Crippen LogP contribution < -0.4 is 14.8 Å². The molecule has 84 valence electrons. The molecule has 0 aromatic heterocycles. The third kappa shape index (κ3) is 2.19. The summed E-state index contributed by atoms with van der Waals surface area (Å²) in [6.45, 7) is 1.08. The smallest absolute Gasteiger partial charge is 0.127 e. The van der Waals surface area contributed by atoms with E-state index < -0.39 is 0 Å². The zero-order chi connectivity index (χ0) is 9.97. The molecule has 1 aliphatic rings. The second kappa shape index (κ2) is 5.24. The average Bonchev–Trinajstić information content (AvgIpc) is 2.15. The normalized spacial score (nSPS) is 18.7. The van der Waals surface area contributed by atoms with Crippen LogP contribution in [0.3, 0.4) is 0 Å². The molecular weight excluding hydrogens is 214 g/mol. The maximum absolute atomic E-state index is 5.32. The minimum absolute atomic E-state index is 0. The van der Waals surface area contributed by atoms with Gasteiger partial charge in [-0.3, -0.25) is 0 Å². The van der Waals surface area contributed by atoms with Gasteiger partial charge in [0.1, 0.15) is 11.5 Å². The highest BCUT2D eigenvalue weighted by atomic mass is 35.5. The summed E-state index contributed by atoms with van der Waals surface area (Å²) in [5, 5.41) is 3.35. The van der Waals surface area contributed by atoms with Gasteiger partial charge >= 0.3 is 0 Å². The summed E-state index contributed by atoms with van der Waals surface area (Å²) < 4.78 is 10.6. The number of methoxy groups -OCH3 is 2. The standard InChI is InChI=1S/C11H15NO2.ClH/c1-13-9-4-3-5-10(14-2)11(9)8-6-7-12-8;/h3-5,8,12H,6-7H2,1-2H3;1H/t8-;/m0./s1. The number of halogens is 1. The van der Waals surface area contributed by atoms with Crippen LogP contribution in [0.4, 0.5) is 0 Å². The predicted molar refractivity (Wildman–Crippen MR) is 62.2 cm³/mol. The Bertz CT molecular complexity index is 304. The van der Waals surface area contributed by atoms with Crippen molar-refractivity contribution in [3.05, 3.63) is 23.8 Å². The van der Waals surface area contributed by atoms with E-state index in [0.29, 0.717) is 6.04 Å². The van der Waals surface area contributed by atoms with E-state index in [1.54, 1.807) is 14.2 Å². The van der Waals surface area contributed by atoms with Crippen molar-refractivity contribution in [1.29, 1.82) is 0 Å². The molecule has 1 heterocycles. The van der Waals surface area contributed by atoms with Gasteiger partial charge in [-0.1, -0.05) is 6.07 Å². The van der Waals surface area contributed by atoms with Crippen molar-refractivity contribution in [2.75, 3.05) is 20.8 Å². The van der Waals surface area contributed by atoms with Crippen molar-refractivity contribution in [3.63, 3.8) is 0 Å². The Labute approximate surface area is 96.2 Å². The molecule has 0 unspecified atom stereocenters. The van der Waals surface area contributed by atoms with Gasteiger partial charge in [0.05, 0.1) is 19.8 Å². The molecule has 3 nitrogen and oxygen atoms in total. The topological polar surface area (TPSA) is 30.5 Å². The van der Waals surface area contributed by atoms with E-state index in [9.17, 15) is 0 Å². The highest BCUT2D eigenvalue weighted by Gasteiger charge is 2.25. The quantitative estimate of drug-likeness (QED) is 0.862. The first kappa shape index (κ1) is 12.1. The lowest BCUT2D eigenvalue weighted by molar-refractivity contribution is 0.330. The van der Waals surface area contributed by atoms with Gasteiger partial charge in [0.25, 0.3) is 0 Å². The third-order valence-corrected chi connectivity index (χ3v) is 2.64. The fourth-order valence-electron chi connectivity index (χ4n) is 1.76. The molecule has 0 spiro atoms. The van der Waals surface area contributed by atoms with Gasteiger partial charge in [-0.25, -0.2) is 0 Å². The lowest BCUT2D eigenvalue weighted by Crippen LogP contribution is -2.35. The molecular formula is C11H16ClNO2. The molecule has 1 N–H and O–H groups in total. The molecule has 0 aliphatic carbocycles. The van der Waals surface area contributed by atoms with E-state index in [4.69, 9.17) is 9.47 Å². The fraction of sp³-hybridized carbons (Fsp3) is 0.455. The first-order valence-electron chi connectivity index (χ1n) is 4.81. The van der Waals surface area contributed by atoms with Gasteiger partial charge in [0.15, 0.2) is 0 Å². The average molecular weight is 230 g/mol. The Morgan fingerprint density at radius 3 is 2.07 bits per heavy atom. The molecule has 1 atom stereocenters. The molecule has 1 saturated heterocycles. The molecule has 0 radical (unpaired) electrons. The summed E-state index contributed by atoms with van der Waals surface area (Å²) in [7, 11) is 3.38. The number of benzene rings is 1. The van der Waals surface area contributed by atoms with Gasteiger partial charge in [-0.2, -0.15) is 0 Å². The molecule has 1 aromatic carbocycles. The second-order valence-electron chi connectivity index (χ2n) is 3.37. The van der Waals surface area contributed by atoms with Crippen molar-refractivity contribution in [2.24, 2.45) is 0 Å². The molecule has 0 saturated carbocycles. The van der Waals surface area contributed by atoms with E-state index in [0.717, 1.165) is 30.0 Å². The van der Waals surface area contributed by atoms with E-state index in [2.05, 4.69) is 5.32 Å². The monoisotopic (exact) mass is 229 g/mol. The van der Waals surface area contributed by atoms with Crippen LogP contribution in [0, 0.1) is 0 Å². The summed E-state index contributed by atoms with van der Waals surface area (Å²) in [5.74, 6) is 1.81. The highest BCUT2D eigenvalue weighted by Crippen LogP contribution is 2.37. The molecule has 15 heavy (non-hydrogen) atoms. The molecule has 1 aliphatic heterocycles. The van der Waals surface area contributed by atoms with Crippen molar-refractivity contribution >= 4 is 12.4 Å². The van der Waals surface area contributed by atoms with Crippen LogP contribution in [0.5, 0.6) is 11.5 Å². The van der Waals surface area contributed by atoms with E-state index in [1.807, 2.05) is 18.2 Å². The van der Waals surface area contributed by atoms with Crippen molar-refractivity contribution in [3.8, 4) is 11.5 Å². The van der Waals surface area contributed by atoms with Crippen LogP contribution in [0.2, 0.25) is 0 Å². The van der Waals surface area contributed by atoms with E-state index >= 15 is 0 Å². The molecule has 4 heteroatoms. The number of ether oxygens (including phenoxy) is 2. The number of nitrogens with one attached hydrogen (secondary N) is 1. The first-order valence-corrected chi connectivity index (χ1v) is 4.81. The lowest BCUT2D eigenvalue weighted by atomic mass is 9.96. The maximum Gasteiger partial charge on any atom is 0.127 e. The molecule has 1 fully saturated rings. The summed E-state index contributed by atoms with van der Waals surface area (Å²) in [4.78, 5) is 0. The minimum atomic E-state index is 0. The van der Waals surface area contributed by atoms with E-state index in [1.165, 1.54) is 0 Å². The first-order chi connectivity index (χ1) is 6.86. The largest absolute Gasteiger partial charge is 0.496 e. The molecule has 2 rings (SSSR count). The molecule has 0 bridgehead atoms. The van der Waals surface area contributed by atoms with Crippen molar-refractivity contribution < 1.29 is 9.47 Å². The molecule has 1 aromatic rings. The lowest BCUT2D eigenvalue weighted by Gasteiger charge is -2.30. The number of hydrogen-bond donors (Lipinski definition) is 1. The summed E-state index contributed by atoms with van der Waals surface area (Å²) in [6.07, 6.45) is 1.15. The number of hydrogen-bond acceptors (Lipinski definition) is 3. The predicted octanol–water partition coefficient (Wildman–Crippen LogP) is 2.16. The summed E-state index contributed by atoms with van der Waals surface area (Å²) in [6, 6.07) is 6.27. The summed E-state index contributed by atoms with van der Waals surface area (Å²) in [5.41, 5.74) is 1.14. The van der Waals surface area contributed by atoms with Crippen LogP contribution in [0.15, 0.2) is 18.2 Å². The fourth-order valence-corrected chi connectivity index (χ4v) is 1.76. The van der Waals surface area contributed by atoms with Crippen LogP contribution in [-0.4, -0.2) is 20.8 Å². The van der Waals surface area contributed by atoms with Crippen molar-refractivity contribution in [1.82, 2.24) is 5.32 Å². The SMILES string of the molecule is COc1cccc(OC)c1[C@@H]1CCN1.Cl. The van der Waals surface area contributed by atoms with Crippen LogP contribution in [0.25, 0.3) is 0 Å². The van der Waals surface area contributed by atoms with Crippen LogP contribution >= 0.6 is 12.4 Å². The van der Waals surface area contributed by atoms with Gasteiger partial charge in [0, 0.05) is 6.04 Å². The highest BCUT2D eigenvalue weighted by molar-refractivity contribution is 5.85. The Hall–Kier alpha value is -0.930. The Morgan fingerprint density at radius 1 is 1.20 bits per heavy atom. The van der Waals surface area contributed by atoms with Gasteiger partial charge in [0.2, 0.25) is 0 Å². The second-order valence-corrected chi connectivity index (χ2v) is 3.37. The van der Waals surface area contributed by atoms with Gasteiger partial charge in [-0.15, -0.1) is 12.4 Å². The zero-order valence-electron chi connectivity index (χ0n) is 8.95. The van der Waals surface area contributed by atoms with E-state index in [-0.39, 0.29) is 12.4 Å². The summed E-state index contributed by atoms with van der Waals surface area (Å²) >= 11 is 0. The Balaban J connectivity index is 0.00000112. The maximum atomic E-state index is 5.32. The number of rotatable bonds is 3. The van der Waals surface area contributed by atoms with Crippen LogP contribution in [0.1, 0.15) is 18.0 Å². The Kier molecular flexibility index (Phi) is 4.24. The minimum Gasteiger partial charge on any atom is -0.496 e. The van der Waals surface area contributed by atoms with Gasteiger partial charge < -0.3 is 14.8 Å². The van der Waals surface area contributed by atoms with Crippen LogP contribution in [-0.2, 0) is 0 Å². The zero-order valence-corrected chi connectivity index (χ0v) is 9.76. The molecule has 0 amide bonds. The Morgan fingerprint density at radius 2 is 1.73 bits per heavy atom. The third-order valence-electron chi connectivity index (χ3n) is 2.64.